The molecule has 1 fully saturated rings. The van der Waals surface area contributed by atoms with E-state index in [1.165, 1.54) is 16.4 Å². The van der Waals surface area contributed by atoms with Crippen molar-refractivity contribution in [1.82, 2.24) is 19.7 Å². The second-order valence-electron chi connectivity index (χ2n) is 7.51. The van der Waals surface area contributed by atoms with Crippen LogP contribution in [0.3, 0.4) is 0 Å². The smallest absolute Gasteiger partial charge is 0.309 e. The average Bonchev–Trinajstić information content (AvgIpc) is 3.26. The largest absolute Gasteiger partial charge is 0.497 e. The zero-order chi connectivity index (χ0) is 21.3. The Balaban J connectivity index is 1.58. The van der Waals surface area contributed by atoms with Gasteiger partial charge in [-0.25, -0.2) is 4.98 Å². The number of likely N-dealkylation sites (tertiary alicyclic amines) is 1. The first-order chi connectivity index (χ1) is 14.5. The number of fused-ring (bicyclic) bond motifs is 1. The number of hydrogen-bond donors (Lipinski definition) is 0. The van der Waals surface area contributed by atoms with Crippen molar-refractivity contribution >= 4 is 23.6 Å². The van der Waals surface area contributed by atoms with E-state index in [4.69, 9.17) is 9.47 Å². The highest BCUT2D eigenvalue weighted by atomic mass is 32.2. The van der Waals surface area contributed by atoms with Crippen LogP contribution in [0.2, 0.25) is 0 Å². The van der Waals surface area contributed by atoms with Gasteiger partial charge in [0.05, 0.1) is 25.7 Å². The van der Waals surface area contributed by atoms with Crippen molar-refractivity contribution in [2.75, 3.05) is 26.8 Å². The predicted molar refractivity (Wildman–Crippen MR) is 112 cm³/mol. The fourth-order valence-corrected chi connectivity index (χ4v) is 5.45. The van der Waals surface area contributed by atoms with Crippen molar-refractivity contribution in [3.8, 4) is 5.75 Å². The van der Waals surface area contributed by atoms with Gasteiger partial charge in [-0.15, -0.1) is 5.10 Å². The van der Waals surface area contributed by atoms with Crippen LogP contribution in [0.1, 0.15) is 42.0 Å². The number of carbonyl (C=O) groups is 2. The Hall–Kier alpha value is -2.39. The van der Waals surface area contributed by atoms with Gasteiger partial charge in [0, 0.05) is 0 Å². The SMILES string of the molecule is CCOC(=O)C1CCN(C(c2ccc(OC)cc2)C2Sc3nc(C)nn3C2=O)CC1. The molecule has 4 rings (SSSR count). The molecule has 30 heavy (non-hydrogen) atoms. The minimum atomic E-state index is -0.340. The quantitative estimate of drug-likeness (QED) is 0.647. The molecule has 2 aromatic rings. The van der Waals surface area contributed by atoms with Crippen molar-refractivity contribution in [2.45, 2.75) is 43.1 Å². The van der Waals surface area contributed by atoms with Crippen LogP contribution in [-0.4, -0.2) is 63.6 Å². The molecular formula is C21H26N4O4S. The van der Waals surface area contributed by atoms with Gasteiger partial charge in [-0.05, 0) is 57.5 Å². The van der Waals surface area contributed by atoms with E-state index < -0.39 is 0 Å². The lowest BCUT2D eigenvalue weighted by molar-refractivity contribution is -0.149. The molecule has 2 unspecified atom stereocenters. The van der Waals surface area contributed by atoms with E-state index >= 15 is 0 Å². The fourth-order valence-electron chi connectivity index (χ4n) is 4.15. The summed E-state index contributed by atoms with van der Waals surface area (Å²) in [5.74, 6) is 1.12. The minimum absolute atomic E-state index is 0.0519. The molecule has 2 atom stereocenters. The summed E-state index contributed by atoms with van der Waals surface area (Å²) < 4.78 is 11.9. The summed E-state index contributed by atoms with van der Waals surface area (Å²) in [6.07, 6.45) is 1.44. The molecule has 2 aliphatic heterocycles. The Kier molecular flexibility index (Phi) is 6.10. The molecule has 2 aliphatic rings. The molecule has 1 aromatic heterocycles. The van der Waals surface area contributed by atoms with E-state index in [0.29, 0.717) is 17.6 Å². The van der Waals surface area contributed by atoms with E-state index in [1.54, 1.807) is 14.0 Å². The maximum absolute atomic E-state index is 13.2. The topological polar surface area (TPSA) is 86.5 Å². The van der Waals surface area contributed by atoms with Crippen LogP contribution in [0, 0.1) is 12.8 Å². The Bertz CT molecular complexity index is 922. The van der Waals surface area contributed by atoms with Crippen molar-refractivity contribution < 1.29 is 19.1 Å². The highest BCUT2D eigenvalue weighted by molar-refractivity contribution is 8.00. The van der Waals surface area contributed by atoms with Crippen LogP contribution in [0.15, 0.2) is 29.4 Å². The molecule has 8 nitrogen and oxygen atoms in total. The van der Waals surface area contributed by atoms with Crippen molar-refractivity contribution in [1.29, 1.82) is 0 Å². The number of ether oxygens (including phenoxy) is 2. The van der Waals surface area contributed by atoms with E-state index in [0.717, 1.165) is 37.2 Å². The van der Waals surface area contributed by atoms with Gasteiger partial charge < -0.3 is 9.47 Å². The average molecular weight is 431 g/mol. The number of piperidine rings is 1. The second kappa shape index (κ2) is 8.77. The molecule has 9 heteroatoms. The Morgan fingerprint density at radius 3 is 2.57 bits per heavy atom. The molecule has 1 saturated heterocycles. The lowest BCUT2D eigenvalue weighted by atomic mass is 9.92. The Morgan fingerprint density at radius 1 is 1.27 bits per heavy atom. The van der Waals surface area contributed by atoms with Gasteiger partial charge in [0.15, 0.2) is 5.16 Å². The fraction of sp³-hybridized carbons (Fsp3) is 0.524. The number of nitrogens with zero attached hydrogens (tertiary/aromatic N) is 4. The minimum Gasteiger partial charge on any atom is -0.497 e. The number of rotatable bonds is 6. The van der Waals surface area contributed by atoms with Gasteiger partial charge in [-0.2, -0.15) is 4.68 Å². The molecule has 0 radical (unpaired) electrons. The third-order valence-corrected chi connectivity index (χ3v) is 6.84. The van der Waals surface area contributed by atoms with Crippen LogP contribution < -0.4 is 4.74 Å². The molecule has 1 aromatic carbocycles. The molecule has 0 bridgehead atoms. The first-order valence-electron chi connectivity index (χ1n) is 10.2. The van der Waals surface area contributed by atoms with Gasteiger partial charge in [-0.3, -0.25) is 14.5 Å². The molecule has 0 saturated carbocycles. The van der Waals surface area contributed by atoms with Crippen LogP contribution in [-0.2, 0) is 9.53 Å². The Labute approximate surface area is 179 Å². The lowest BCUT2D eigenvalue weighted by Crippen LogP contribution is -2.44. The molecule has 160 valence electrons. The molecule has 0 N–H and O–H groups in total. The first kappa shape index (κ1) is 20.9. The van der Waals surface area contributed by atoms with E-state index in [9.17, 15) is 9.59 Å². The number of carbonyl (C=O) groups excluding carboxylic acids is 2. The summed E-state index contributed by atoms with van der Waals surface area (Å²) >= 11 is 1.46. The number of methoxy groups -OCH3 is 1. The first-order valence-corrected chi connectivity index (χ1v) is 11.1. The summed E-state index contributed by atoms with van der Waals surface area (Å²) in [5.41, 5.74) is 1.04. The summed E-state index contributed by atoms with van der Waals surface area (Å²) in [5, 5.41) is 4.56. The van der Waals surface area contributed by atoms with E-state index in [-0.39, 0.29) is 29.1 Å². The number of benzene rings is 1. The van der Waals surface area contributed by atoms with Gasteiger partial charge in [-0.1, -0.05) is 23.9 Å². The molecule has 0 spiro atoms. The second-order valence-corrected chi connectivity index (χ2v) is 8.62. The lowest BCUT2D eigenvalue weighted by Gasteiger charge is -2.38. The molecular weight excluding hydrogens is 404 g/mol. The van der Waals surface area contributed by atoms with Gasteiger partial charge in [0.1, 0.15) is 16.8 Å². The maximum atomic E-state index is 13.2. The van der Waals surface area contributed by atoms with Crippen LogP contribution in [0.5, 0.6) is 5.75 Å². The number of aromatic nitrogens is 3. The van der Waals surface area contributed by atoms with E-state index in [1.807, 2.05) is 31.2 Å². The van der Waals surface area contributed by atoms with Gasteiger partial charge in [0.2, 0.25) is 0 Å². The standard InChI is InChI=1S/C21H26N4O4S/c1-4-29-20(27)15-9-11-24(12-10-15)17(14-5-7-16(28-3)8-6-14)18-19(26)25-21(30-18)22-13(2)23-25/h5-8,15,17-18H,4,9-12H2,1-3H3. The third-order valence-electron chi connectivity index (χ3n) is 5.65. The van der Waals surface area contributed by atoms with Crippen LogP contribution in [0.4, 0.5) is 0 Å². The van der Waals surface area contributed by atoms with Crippen LogP contribution in [0.25, 0.3) is 0 Å². The normalized spacial score (nSPS) is 20.8. The van der Waals surface area contributed by atoms with Gasteiger partial charge in [0.25, 0.3) is 5.91 Å². The number of hydrogen-bond acceptors (Lipinski definition) is 8. The molecule has 0 aliphatic carbocycles. The third kappa shape index (κ3) is 3.96. The number of esters is 1. The van der Waals surface area contributed by atoms with E-state index in [2.05, 4.69) is 15.0 Å². The number of thioether (sulfide) groups is 1. The van der Waals surface area contributed by atoms with Crippen molar-refractivity contribution in [2.24, 2.45) is 5.92 Å². The zero-order valence-electron chi connectivity index (χ0n) is 17.4. The summed E-state index contributed by atoms with van der Waals surface area (Å²) in [7, 11) is 1.63. The van der Waals surface area contributed by atoms with Gasteiger partial charge >= 0.3 is 5.97 Å². The highest BCUT2D eigenvalue weighted by Gasteiger charge is 2.44. The highest BCUT2D eigenvalue weighted by Crippen LogP contribution is 2.42. The molecule has 3 heterocycles. The predicted octanol–water partition coefficient (Wildman–Crippen LogP) is 2.73. The van der Waals surface area contributed by atoms with Crippen molar-refractivity contribution in [3.63, 3.8) is 0 Å². The summed E-state index contributed by atoms with van der Waals surface area (Å²) in [6, 6.07) is 7.71. The maximum Gasteiger partial charge on any atom is 0.309 e. The Morgan fingerprint density at radius 2 is 1.97 bits per heavy atom. The van der Waals surface area contributed by atoms with Crippen molar-refractivity contribution in [3.05, 3.63) is 35.7 Å². The monoisotopic (exact) mass is 430 g/mol. The molecule has 0 amide bonds. The summed E-state index contributed by atoms with van der Waals surface area (Å²) in [6.45, 7) is 5.46. The summed E-state index contributed by atoms with van der Waals surface area (Å²) in [4.78, 5) is 32.0. The zero-order valence-corrected chi connectivity index (χ0v) is 18.2. The number of aryl methyl sites for hydroxylation is 1. The van der Waals surface area contributed by atoms with Crippen LogP contribution >= 0.6 is 11.8 Å².